The van der Waals surface area contributed by atoms with Crippen LogP contribution in [0.15, 0.2) is 66.7 Å². The Morgan fingerprint density at radius 1 is 0.750 bits per heavy atom. The van der Waals surface area contributed by atoms with Crippen LogP contribution in [0.2, 0.25) is 0 Å². The summed E-state index contributed by atoms with van der Waals surface area (Å²) in [5.74, 6) is -0.293. The SMILES string of the molecule is Cl.Cl.Cl.O=C(CCCN1CCN(C(c2ccc(F)cc2)c2ccc(F)cc2)CC1)c1ccc2c(c1)CCNCC2. The summed E-state index contributed by atoms with van der Waals surface area (Å²) < 4.78 is 27.2. The van der Waals surface area contributed by atoms with Crippen molar-refractivity contribution in [3.63, 3.8) is 0 Å². The molecule has 2 aliphatic heterocycles. The summed E-state index contributed by atoms with van der Waals surface area (Å²) in [6, 6.07) is 19.4. The molecule has 0 aliphatic carbocycles. The molecule has 0 spiro atoms. The van der Waals surface area contributed by atoms with Gasteiger partial charge in [0.05, 0.1) is 6.04 Å². The van der Waals surface area contributed by atoms with Gasteiger partial charge in [0.25, 0.3) is 0 Å². The number of piperazine rings is 1. The third kappa shape index (κ3) is 8.72. The maximum Gasteiger partial charge on any atom is 0.162 e. The lowest BCUT2D eigenvalue weighted by Crippen LogP contribution is -2.48. The smallest absolute Gasteiger partial charge is 0.162 e. The summed E-state index contributed by atoms with van der Waals surface area (Å²) in [7, 11) is 0. The monoisotopic (exact) mass is 611 g/mol. The van der Waals surface area contributed by atoms with Crippen molar-refractivity contribution in [2.45, 2.75) is 31.7 Å². The number of Topliss-reactive ketones (excluding diaryl/α,β-unsaturated/α-hetero) is 1. The first-order valence-electron chi connectivity index (χ1n) is 13.4. The van der Waals surface area contributed by atoms with Gasteiger partial charge in [-0.2, -0.15) is 0 Å². The molecular formula is C31H38Cl3F2N3O. The van der Waals surface area contributed by atoms with Gasteiger partial charge >= 0.3 is 0 Å². The van der Waals surface area contributed by atoms with Crippen molar-refractivity contribution >= 4 is 43.0 Å². The number of fused-ring (bicyclic) bond motifs is 1. The predicted octanol–water partition coefficient (Wildman–Crippen LogP) is 6.29. The molecule has 218 valence electrons. The van der Waals surface area contributed by atoms with Gasteiger partial charge < -0.3 is 10.2 Å². The quantitative estimate of drug-likeness (QED) is 0.304. The van der Waals surface area contributed by atoms with Crippen molar-refractivity contribution in [1.82, 2.24) is 15.1 Å². The van der Waals surface area contributed by atoms with Crippen molar-refractivity contribution < 1.29 is 13.6 Å². The lowest BCUT2D eigenvalue weighted by molar-refractivity contribution is 0.0942. The van der Waals surface area contributed by atoms with Gasteiger partial charge in [-0.05, 0) is 91.5 Å². The molecule has 0 saturated carbocycles. The molecule has 2 aliphatic rings. The minimum absolute atomic E-state index is 0. The summed E-state index contributed by atoms with van der Waals surface area (Å²) in [5, 5.41) is 3.42. The zero-order valence-corrected chi connectivity index (χ0v) is 24.9. The maximum atomic E-state index is 13.6. The molecule has 2 heterocycles. The van der Waals surface area contributed by atoms with Crippen LogP contribution in [0, 0.1) is 11.6 Å². The number of hydrogen-bond acceptors (Lipinski definition) is 4. The number of carbonyl (C=O) groups excluding carboxylic acids is 1. The normalized spacial score (nSPS) is 15.7. The Hall–Kier alpha value is -2.06. The number of halogens is 5. The van der Waals surface area contributed by atoms with Crippen molar-refractivity contribution in [2.75, 3.05) is 45.8 Å². The maximum absolute atomic E-state index is 13.6. The van der Waals surface area contributed by atoms with Gasteiger partial charge in [0.15, 0.2) is 5.78 Å². The molecule has 4 nitrogen and oxygen atoms in total. The Morgan fingerprint density at radius 3 is 1.88 bits per heavy atom. The number of nitrogens with zero attached hydrogens (tertiary/aromatic N) is 2. The molecule has 0 radical (unpaired) electrons. The summed E-state index contributed by atoms with van der Waals surface area (Å²) >= 11 is 0. The first kappa shape index (κ1) is 34.1. The van der Waals surface area contributed by atoms with Crippen molar-refractivity contribution in [2.24, 2.45) is 0 Å². The van der Waals surface area contributed by atoms with Crippen LogP contribution < -0.4 is 5.32 Å². The Morgan fingerprint density at radius 2 is 1.30 bits per heavy atom. The molecule has 0 unspecified atom stereocenters. The Balaban J connectivity index is 0.00000187. The lowest BCUT2D eigenvalue weighted by atomic mass is 9.96. The lowest BCUT2D eigenvalue weighted by Gasteiger charge is -2.39. The van der Waals surface area contributed by atoms with Gasteiger partial charge in [-0.3, -0.25) is 9.69 Å². The highest BCUT2D eigenvalue weighted by atomic mass is 35.5. The molecule has 1 saturated heterocycles. The molecular weight excluding hydrogens is 575 g/mol. The van der Waals surface area contributed by atoms with Crippen LogP contribution in [-0.2, 0) is 12.8 Å². The van der Waals surface area contributed by atoms with Crippen LogP contribution in [0.25, 0.3) is 0 Å². The first-order valence-corrected chi connectivity index (χ1v) is 13.4. The van der Waals surface area contributed by atoms with Crippen molar-refractivity contribution in [3.05, 3.63) is 106 Å². The van der Waals surface area contributed by atoms with E-state index in [4.69, 9.17) is 0 Å². The zero-order chi connectivity index (χ0) is 25.6. The molecule has 0 aromatic heterocycles. The van der Waals surface area contributed by atoms with E-state index in [1.54, 1.807) is 0 Å². The number of rotatable bonds is 8. The van der Waals surface area contributed by atoms with Gasteiger partial charge in [0, 0.05) is 38.2 Å². The van der Waals surface area contributed by atoms with Gasteiger partial charge in [-0.1, -0.05) is 36.4 Å². The van der Waals surface area contributed by atoms with E-state index in [0.717, 1.165) is 81.8 Å². The molecule has 3 aromatic carbocycles. The van der Waals surface area contributed by atoms with E-state index in [-0.39, 0.29) is 60.7 Å². The summed E-state index contributed by atoms with van der Waals surface area (Å²) in [6.45, 7) is 6.38. The highest BCUT2D eigenvalue weighted by Crippen LogP contribution is 2.30. The average molecular weight is 613 g/mol. The predicted molar refractivity (Wildman–Crippen MR) is 165 cm³/mol. The highest BCUT2D eigenvalue weighted by molar-refractivity contribution is 5.96. The van der Waals surface area contributed by atoms with Gasteiger partial charge in [-0.15, -0.1) is 37.2 Å². The zero-order valence-electron chi connectivity index (χ0n) is 22.5. The minimum atomic E-state index is -0.260. The van der Waals surface area contributed by atoms with Gasteiger partial charge in [-0.25, -0.2) is 8.78 Å². The molecule has 0 bridgehead atoms. The van der Waals surface area contributed by atoms with Crippen LogP contribution in [-0.4, -0.2) is 61.4 Å². The topological polar surface area (TPSA) is 35.6 Å². The molecule has 1 fully saturated rings. The molecule has 0 atom stereocenters. The van der Waals surface area contributed by atoms with Crippen LogP contribution in [0.1, 0.15) is 51.5 Å². The molecule has 40 heavy (non-hydrogen) atoms. The minimum Gasteiger partial charge on any atom is -0.316 e. The van der Waals surface area contributed by atoms with E-state index in [0.29, 0.717) is 6.42 Å². The first-order chi connectivity index (χ1) is 18.1. The third-order valence-electron chi connectivity index (χ3n) is 7.69. The number of carbonyl (C=O) groups is 1. The number of nitrogens with one attached hydrogen (secondary N) is 1. The van der Waals surface area contributed by atoms with Crippen LogP contribution >= 0.6 is 37.2 Å². The van der Waals surface area contributed by atoms with E-state index >= 15 is 0 Å². The fourth-order valence-electron chi connectivity index (χ4n) is 5.60. The highest BCUT2D eigenvalue weighted by Gasteiger charge is 2.26. The van der Waals surface area contributed by atoms with E-state index in [1.807, 2.05) is 30.3 Å². The largest absolute Gasteiger partial charge is 0.316 e. The van der Waals surface area contributed by atoms with E-state index < -0.39 is 0 Å². The molecule has 0 amide bonds. The fraction of sp³-hybridized carbons (Fsp3) is 0.387. The Kier molecular flexibility index (Phi) is 14.0. The second-order valence-corrected chi connectivity index (χ2v) is 10.1. The number of ketones is 1. The van der Waals surface area contributed by atoms with Crippen molar-refractivity contribution in [3.8, 4) is 0 Å². The van der Waals surface area contributed by atoms with E-state index in [2.05, 4.69) is 27.2 Å². The Bertz CT molecular complexity index is 1160. The summed E-state index contributed by atoms with van der Waals surface area (Å²) in [5.41, 5.74) is 5.52. The van der Waals surface area contributed by atoms with E-state index in [9.17, 15) is 13.6 Å². The van der Waals surface area contributed by atoms with Crippen LogP contribution in [0.4, 0.5) is 8.78 Å². The number of hydrogen-bond donors (Lipinski definition) is 1. The van der Waals surface area contributed by atoms with E-state index in [1.165, 1.54) is 35.4 Å². The fourth-order valence-corrected chi connectivity index (χ4v) is 5.60. The summed E-state index contributed by atoms with van der Waals surface area (Å²) in [4.78, 5) is 17.7. The summed E-state index contributed by atoms with van der Waals surface area (Å²) in [6.07, 6.45) is 3.42. The van der Waals surface area contributed by atoms with Crippen LogP contribution in [0.5, 0.6) is 0 Å². The average Bonchev–Trinajstić information content (AvgIpc) is 3.17. The Labute approximate surface area is 254 Å². The number of benzene rings is 3. The van der Waals surface area contributed by atoms with Gasteiger partial charge in [0.2, 0.25) is 0 Å². The molecule has 9 heteroatoms. The van der Waals surface area contributed by atoms with Crippen LogP contribution in [0.3, 0.4) is 0 Å². The third-order valence-corrected chi connectivity index (χ3v) is 7.69. The molecule has 3 aromatic rings. The second-order valence-electron chi connectivity index (χ2n) is 10.1. The molecule has 1 N–H and O–H groups in total. The van der Waals surface area contributed by atoms with Crippen molar-refractivity contribution in [1.29, 1.82) is 0 Å². The second kappa shape index (κ2) is 16.4. The van der Waals surface area contributed by atoms with Gasteiger partial charge in [0.1, 0.15) is 11.6 Å². The standard InChI is InChI=1S/C31H35F2N3O.3ClH/c32-28-9-5-24(6-10-28)31(25-7-11-29(33)12-8-25)36-20-18-35(19-21-36)17-1-2-30(37)27-4-3-23-13-15-34-16-14-26(23)22-27;;;/h3-12,22,31,34H,1-2,13-21H2;3*1H. The molecule has 5 rings (SSSR count).